The van der Waals surface area contributed by atoms with Crippen LogP contribution in [0.2, 0.25) is 0 Å². The first kappa shape index (κ1) is 21.4. The smallest absolute Gasteiger partial charge is 0.265 e. The number of carbonyl (C=O) groups is 2. The highest BCUT2D eigenvalue weighted by Crippen LogP contribution is 2.37. The summed E-state index contributed by atoms with van der Waals surface area (Å²) in [6, 6.07) is 13.9. The summed E-state index contributed by atoms with van der Waals surface area (Å²) in [5, 5.41) is 3.16. The molecule has 2 amide bonds. The average molecular weight is 421 g/mol. The van der Waals surface area contributed by atoms with Crippen molar-refractivity contribution in [1.29, 1.82) is 0 Å². The van der Waals surface area contributed by atoms with Gasteiger partial charge < -0.3 is 15.0 Å². The Bertz CT molecular complexity index is 954. The van der Waals surface area contributed by atoms with E-state index in [1.54, 1.807) is 4.90 Å². The second-order valence-electron chi connectivity index (χ2n) is 9.71. The van der Waals surface area contributed by atoms with Gasteiger partial charge in [0.15, 0.2) is 6.61 Å². The van der Waals surface area contributed by atoms with Crippen molar-refractivity contribution in [2.24, 2.45) is 0 Å². The molecule has 0 radical (unpaired) electrons. The third kappa shape index (κ3) is 4.92. The van der Waals surface area contributed by atoms with Gasteiger partial charge in [0.1, 0.15) is 5.75 Å². The quantitative estimate of drug-likeness (QED) is 0.760. The van der Waals surface area contributed by atoms with Gasteiger partial charge in [0.05, 0.1) is 12.2 Å². The van der Waals surface area contributed by atoms with Crippen molar-refractivity contribution in [3.63, 3.8) is 0 Å². The molecular weight excluding hydrogens is 388 g/mol. The fourth-order valence-electron chi connectivity index (χ4n) is 4.30. The molecule has 1 N–H and O–H groups in total. The summed E-state index contributed by atoms with van der Waals surface area (Å²) in [6.07, 6.45) is 5.78. The molecule has 5 heteroatoms. The average Bonchev–Trinajstić information content (AvgIpc) is 2.76. The SMILES string of the molecule is CC(C)(C)c1ccc2c(c1)N(Cc1ccc(C(=O)NC3CCCCC3)cc1)C(=O)CO2. The Kier molecular flexibility index (Phi) is 6.03. The van der Waals surface area contributed by atoms with Crippen LogP contribution in [0, 0.1) is 0 Å². The molecule has 5 nitrogen and oxygen atoms in total. The van der Waals surface area contributed by atoms with Crippen molar-refractivity contribution in [3.05, 3.63) is 59.2 Å². The molecule has 1 fully saturated rings. The zero-order valence-electron chi connectivity index (χ0n) is 18.7. The Morgan fingerprint density at radius 2 is 1.77 bits per heavy atom. The first-order valence-corrected chi connectivity index (χ1v) is 11.3. The number of ether oxygens (including phenoxy) is 1. The lowest BCUT2D eigenvalue weighted by Crippen LogP contribution is -2.38. The summed E-state index contributed by atoms with van der Waals surface area (Å²) in [4.78, 5) is 27.0. The highest BCUT2D eigenvalue weighted by molar-refractivity contribution is 5.98. The molecule has 0 atom stereocenters. The lowest BCUT2D eigenvalue weighted by atomic mass is 9.86. The third-order valence-electron chi connectivity index (χ3n) is 6.27. The van der Waals surface area contributed by atoms with E-state index in [1.165, 1.54) is 19.3 Å². The Morgan fingerprint density at radius 3 is 2.45 bits per heavy atom. The van der Waals surface area contributed by atoms with Crippen molar-refractivity contribution in [1.82, 2.24) is 5.32 Å². The van der Waals surface area contributed by atoms with Crippen LogP contribution in [0.5, 0.6) is 5.75 Å². The van der Waals surface area contributed by atoms with E-state index in [-0.39, 0.29) is 23.8 Å². The van der Waals surface area contributed by atoms with E-state index in [0.717, 1.165) is 35.4 Å². The van der Waals surface area contributed by atoms with E-state index in [0.29, 0.717) is 18.2 Å². The van der Waals surface area contributed by atoms with Gasteiger partial charge >= 0.3 is 0 Å². The molecule has 1 heterocycles. The van der Waals surface area contributed by atoms with Gasteiger partial charge in [-0.3, -0.25) is 9.59 Å². The number of fused-ring (bicyclic) bond motifs is 1. The highest BCUT2D eigenvalue weighted by Gasteiger charge is 2.27. The van der Waals surface area contributed by atoms with Crippen molar-refractivity contribution >= 4 is 17.5 Å². The number of rotatable bonds is 4. The highest BCUT2D eigenvalue weighted by atomic mass is 16.5. The molecule has 0 aromatic heterocycles. The summed E-state index contributed by atoms with van der Waals surface area (Å²) in [5.41, 5.74) is 3.59. The van der Waals surface area contributed by atoms with Crippen LogP contribution in [0.4, 0.5) is 5.69 Å². The van der Waals surface area contributed by atoms with Gasteiger partial charge in [-0.25, -0.2) is 0 Å². The molecule has 2 aromatic carbocycles. The van der Waals surface area contributed by atoms with E-state index >= 15 is 0 Å². The van der Waals surface area contributed by atoms with Crippen LogP contribution in [0.15, 0.2) is 42.5 Å². The molecule has 0 spiro atoms. The number of hydrogen-bond donors (Lipinski definition) is 1. The maximum absolute atomic E-state index is 12.7. The number of carbonyl (C=O) groups excluding carboxylic acids is 2. The van der Waals surface area contributed by atoms with E-state index in [4.69, 9.17) is 4.74 Å². The van der Waals surface area contributed by atoms with Crippen LogP contribution < -0.4 is 15.0 Å². The van der Waals surface area contributed by atoms with Gasteiger partial charge in [0, 0.05) is 11.6 Å². The number of nitrogens with zero attached hydrogens (tertiary/aromatic N) is 1. The Morgan fingerprint density at radius 1 is 1.06 bits per heavy atom. The lowest BCUT2D eigenvalue weighted by Gasteiger charge is -2.31. The van der Waals surface area contributed by atoms with E-state index in [9.17, 15) is 9.59 Å². The Labute approximate surface area is 184 Å². The molecule has 0 bridgehead atoms. The van der Waals surface area contributed by atoms with Gasteiger partial charge in [-0.2, -0.15) is 0 Å². The second kappa shape index (κ2) is 8.74. The van der Waals surface area contributed by atoms with Crippen LogP contribution in [0.1, 0.15) is 74.4 Å². The van der Waals surface area contributed by atoms with Gasteiger partial charge in [-0.1, -0.05) is 58.2 Å². The molecule has 4 rings (SSSR count). The number of anilines is 1. The number of hydrogen-bond acceptors (Lipinski definition) is 3. The summed E-state index contributed by atoms with van der Waals surface area (Å²) in [7, 11) is 0. The minimum atomic E-state index is -0.0577. The van der Waals surface area contributed by atoms with Gasteiger partial charge in [0.25, 0.3) is 11.8 Å². The van der Waals surface area contributed by atoms with E-state index < -0.39 is 0 Å². The lowest BCUT2D eigenvalue weighted by molar-refractivity contribution is -0.121. The van der Waals surface area contributed by atoms with Gasteiger partial charge in [0.2, 0.25) is 0 Å². The standard InChI is InChI=1S/C26H32N2O3/c1-26(2,3)20-13-14-23-22(15-20)28(24(29)17-31-23)16-18-9-11-19(12-10-18)25(30)27-21-7-5-4-6-8-21/h9-15,21H,4-8,16-17H2,1-3H3,(H,27,30). The van der Waals surface area contributed by atoms with E-state index in [2.05, 4.69) is 38.2 Å². The van der Waals surface area contributed by atoms with E-state index in [1.807, 2.05) is 30.3 Å². The molecular formula is C26H32N2O3. The van der Waals surface area contributed by atoms with Crippen molar-refractivity contribution < 1.29 is 14.3 Å². The molecule has 1 saturated carbocycles. The fourth-order valence-corrected chi connectivity index (χ4v) is 4.30. The Balaban J connectivity index is 1.49. The third-order valence-corrected chi connectivity index (χ3v) is 6.27. The predicted octanol–water partition coefficient (Wildman–Crippen LogP) is 4.97. The summed E-state index contributed by atoms with van der Waals surface area (Å²) < 4.78 is 5.65. The summed E-state index contributed by atoms with van der Waals surface area (Å²) >= 11 is 0. The van der Waals surface area contributed by atoms with Crippen molar-refractivity contribution in [2.75, 3.05) is 11.5 Å². The molecule has 2 aromatic rings. The van der Waals surface area contributed by atoms with Gasteiger partial charge in [-0.05, 0) is 53.6 Å². The van der Waals surface area contributed by atoms with Crippen molar-refractivity contribution in [3.8, 4) is 5.75 Å². The predicted molar refractivity (Wildman–Crippen MR) is 123 cm³/mol. The molecule has 1 aliphatic carbocycles. The molecule has 164 valence electrons. The minimum Gasteiger partial charge on any atom is -0.482 e. The Hall–Kier alpha value is -2.82. The first-order valence-electron chi connectivity index (χ1n) is 11.3. The maximum Gasteiger partial charge on any atom is 0.265 e. The zero-order chi connectivity index (χ0) is 22.0. The normalized spacial score (nSPS) is 17.1. The van der Waals surface area contributed by atoms with Gasteiger partial charge in [-0.15, -0.1) is 0 Å². The maximum atomic E-state index is 12.7. The largest absolute Gasteiger partial charge is 0.482 e. The molecule has 0 saturated heterocycles. The number of nitrogens with one attached hydrogen (secondary N) is 1. The minimum absolute atomic E-state index is 0.0129. The van der Waals surface area contributed by atoms with Crippen LogP contribution in [0.3, 0.4) is 0 Å². The van der Waals surface area contributed by atoms with Crippen LogP contribution in [-0.4, -0.2) is 24.5 Å². The number of amides is 2. The zero-order valence-corrected chi connectivity index (χ0v) is 18.7. The molecule has 0 unspecified atom stereocenters. The fraction of sp³-hybridized carbons (Fsp3) is 0.462. The summed E-state index contributed by atoms with van der Waals surface area (Å²) in [5.74, 6) is 0.662. The summed E-state index contributed by atoms with van der Waals surface area (Å²) in [6.45, 7) is 6.96. The van der Waals surface area contributed by atoms with Crippen LogP contribution in [0.25, 0.3) is 0 Å². The monoisotopic (exact) mass is 420 g/mol. The van der Waals surface area contributed by atoms with Crippen molar-refractivity contribution in [2.45, 2.75) is 70.9 Å². The number of benzene rings is 2. The molecule has 31 heavy (non-hydrogen) atoms. The van der Waals surface area contributed by atoms with Crippen LogP contribution >= 0.6 is 0 Å². The topological polar surface area (TPSA) is 58.6 Å². The molecule has 1 aliphatic heterocycles. The molecule has 2 aliphatic rings. The van der Waals surface area contributed by atoms with Crippen LogP contribution in [-0.2, 0) is 16.8 Å². The first-order chi connectivity index (χ1) is 14.8. The second-order valence-corrected chi connectivity index (χ2v) is 9.71.